The van der Waals surface area contributed by atoms with Crippen LogP contribution in [0.3, 0.4) is 0 Å². The first-order valence-corrected chi connectivity index (χ1v) is 23.2. The van der Waals surface area contributed by atoms with Crippen LogP contribution >= 0.6 is 0 Å². The second-order valence-electron chi connectivity index (χ2n) is 16.4. The molecular weight excluding hydrogens is 840 g/mol. The van der Waals surface area contributed by atoms with Gasteiger partial charge in [0.15, 0.2) is 0 Å². The van der Waals surface area contributed by atoms with E-state index in [0.717, 1.165) is 103 Å². The summed E-state index contributed by atoms with van der Waals surface area (Å²) in [5.41, 5.74) is 17.4. The summed E-state index contributed by atoms with van der Waals surface area (Å²) in [6, 6.07) is 68.8. The molecule has 0 fully saturated rings. The van der Waals surface area contributed by atoms with E-state index in [-0.39, 0.29) is 51.4 Å². The predicted molar refractivity (Wildman–Crippen MR) is 272 cm³/mol. The number of rotatable bonds is 6. The summed E-state index contributed by atoms with van der Waals surface area (Å²) in [5.74, 6) is 0. The zero-order chi connectivity index (χ0) is 46.5. The molecule has 2 aliphatic rings. The quantitative estimate of drug-likeness (QED) is 0.155. The van der Waals surface area contributed by atoms with Crippen LogP contribution in [0, 0.1) is 0 Å². The monoisotopic (exact) mass is 884 g/mol. The zero-order valence-electron chi connectivity index (χ0n) is 39.4. The molecule has 0 atom stereocenters. The Morgan fingerprint density at radius 3 is 1.67 bits per heavy atom. The second-order valence-corrected chi connectivity index (χ2v) is 18.6. The van der Waals surface area contributed by atoms with Crippen LogP contribution < -0.4 is 30.2 Å². The van der Waals surface area contributed by atoms with Gasteiger partial charge in [-0.3, -0.25) is 0 Å². The molecule has 0 unspecified atom stereocenters. The first-order chi connectivity index (χ1) is 33.8. The summed E-state index contributed by atoms with van der Waals surface area (Å²) < 4.78 is 54.0. The predicted octanol–water partition coefficient (Wildman–Crippen LogP) is 12.2. The van der Waals surface area contributed by atoms with Crippen molar-refractivity contribution in [2.24, 2.45) is 0 Å². The van der Waals surface area contributed by atoms with Crippen LogP contribution in [0.25, 0.3) is 77.6 Å². The molecule has 64 heavy (non-hydrogen) atoms. The first-order valence-electron chi connectivity index (χ1n) is 24.0. The molecular formula is C60H38BNOSe. The van der Waals surface area contributed by atoms with E-state index in [1.54, 1.807) is 0 Å². The van der Waals surface area contributed by atoms with Crippen LogP contribution in [0.5, 0.6) is 0 Å². The average Bonchev–Trinajstić information content (AvgIpc) is 3.79. The van der Waals surface area contributed by atoms with Crippen LogP contribution in [0.4, 0.5) is 17.1 Å². The number of para-hydroxylation sites is 1. The normalized spacial score (nSPS) is 13.7. The molecule has 0 spiro atoms. The summed E-state index contributed by atoms with van der Waals surface area (Å²) in [6.07, 6.45) is 0. The Kier molecular flexibility index (Phi) is 7.54. The summed E-state index contributed by atoms with van der Waals surface area (Å²) in [4.78, 5) is 2.41. The molecule has 0 amide bonds. The van der Waals surface area contributed by atoms with Crippen molar-refractivity contribution in [3.8, 4) is 55.6 Å². The van der Waals surface area contributed by atoms with Crippen molar-refractivity contribution in [2.75, 3.05) is 4.90 Å². The molecule has 0 aliphatic carbocycles. The molecule has 0 saturated heterocycles. The van der Waals surface area contributed by atoms with E-state index in [9.17, 15) is 2.74 Å². The number of benzene rings is 10. The summed E-state index contributed by atoms with van der Waals surface area (Å²) >= 11 is -0.344. The summed E-state index contributed by atoms with van der Waals surface area (Å²) in [5, 5.41) is 2.10. The summed E-state index contributed by atoms with van der Waals surface area (Å²) in [7, 11) is 0. The topological polar surface area (TPSA) is 16.4 Å². The fourth-order valence-corrected chi connectivity index (χ4v) is 12.6. The second kappa shape index (κ2) is 15.0. The number of furan rings is 1. The van der Waals surface area contributed by atoms with Crippen molar-refractivity contribution in [2.45, 2.75) is 0 Å². The van der Waals surface area contributed by atoms with Gasteiger partial charge >= 0.3 is 388 Å². The fourth-order valence-electron chi connectivity index (χ4n) is 9.92. The number of hydrogen-bond donors (Lipinski definition) is 0. The number of anilines is 3. The minimum absolute atomic E-state index is 0.178. The van der Waals surface area contributed by atoms with Gasteiger partial charge in [0.1, 0.15) is 0 Å². The Labute approximate surface area is 386 Å². The molecule has 10 aromatic carbocycles. The molecule has 4 heteroatoms. The molecule has 298 valence electrons. The average molecular weight is 884 g/mol. The van der Waals surface area contributed by atoms with Crippen molar-refractivity contribution in [1.82, 2.24) is 0 Å². The molecule has 13 rings (SSSR count). The molecule has 2 nitrogen and oxygen atoms in total. The Morgan fingerprint density at radius 2 is 1.02 bits per heavy atom. The van der Waals surface area contributed by atoms with Crippen molar-refractivity contribution in [3.63, 3.8) is 0 Å². The third-order valence-electron chi connectivity index (χ3n) is 12.8. The van der Waals surface area contributed by atoms with Crippen LogP contribution in [-0.2, 0) is 0 Å². The van der Waals surface area contributed by atoms with Gasteiger partial charge in [-0.25, -0.2) is 0 Å². The van der Waals surface area contributed by atoms with E-state index >= 15 is 0 Å². The molecule has 0 radical (unpaired) electrons. The van der Waals surface area contributed by atoms with E-state index in [4.69, 9.17) is 8.53 Å². The van der Waals surface area contributed by atoms with Crippen LogP contribution in [0.15, 0.2) is 235 Å². The van der Waals surface area contributed by atoms with Gasteiger partial charge in [0, 0.05) is 0 Å². The molecule has 0 saturated carbocycles. The van der Waals surface area contributed by atoms with Crippen LogP contribution in [0.2, 0.25) is 0 Å². The molecule has 0 bridgehead atoms. The van der Waals surface area contributed by atoms with Crippen molar-refractivity contribution >= 4 is 86.0 Å². The Morgan fingerprint density at radius 1 is 0.438 bits per heavy atom. The van der Waals surface area contributed by atoms with E-state index in [2.05, 4.69) is 181 Å². The van der Waals surface area contributed by atoms with Gasteiger partial charge in [0.05, 0.1) is 0 Å². The third kappa shape index (κ3) is 5.95. The maximum atomic E-state index is 9.31. The Balaban J connectivity index is 1.15. The molecule has 2 aliphatic heterocycles. The van der Waals surface area contributed by atoms with Gasteiger partial charge in [-0.1, -0.05) is 0 Å². The molecule has 0 N–H and O–H groups in total. The standard InChI is InChI=1S/C60H38BNOSe/c1-6-17-39(18-7-1)44-30-34-55-50(35-44)49-31-33-52-60(59(49)63-55)64-56-38-46(41-21-10-3-11-22-41)37-54-57(56)61(52)51-32-29-45(40-19-8-2-9-20-40)36-53(51)62(54)58-47(42-23-12-4-13-24-42)27-16-28-48(58)43-25-14-5-15-26-43/h1-38H/i3D,10D,11D,21D,22D. The minimum atomic E-state index is -0.415. The maximum absolute atomic E-state index is 9.31. The van der Waals surface area contributed by atoms with Crippen molar-refractivity contribution in [1.29, 1.82) is 0 Å². The van der Waals surface area contributed by atoms with Gasteiger partial charge < -0.3 is 0 Å². The van der Waals surface area contributed by atoms with Crippen molar-refractivity contribution < 1.29 is 11.3 Å². The Hall–Kier alpha value is -7.62. The fraction of sp³-hybridized carbons (Fsp3) is 0. The third-order valence-corrected chi connectivity index (χ3v) is 15.3. The van der Waals surface area contributed by atoms with E-state index in [1.807, 2.05) is 24.3 Å². The van der Waals surface area contributed by atoms with E-state index in [0.29, 0.717) is 5.56 Å². The Bertz CT molecular complexity index is 3800. The van der Waals surface area contributed by atoms with E-state index < -0.39 is 6.04 Å². The van der Waals surface area contributed by atoms with Gasteiger partial charge in [-0.15, -0.1) is 0 Å². The SMILES string of the molecule is [2H]c1c([2H])c([2H])c(-c2cc3c4c(c2)N(c2c(-c5ccccc5)cccc2-c2ccccc2)c2cc(-c5ccccc5)ccc2B4c2ccc4c(oc5ccc(-c6ccccc6)cc54)c2[Se]3)c([2H])c1[2H]. The number of nitrogens with zero attached hydrogens (tertiary/aromatic N) is 1. The van der Waals surface area contributed by atoms with Crippen LogP contribution in [-0.4, -0.2) is 21.7 Å². The first kappa shape index (κ1) is 32.1. The van der Waals surface area contributed by atoms with Gasteiger partial charge in [0.25, 0.3) is 0 Å². The van der Waals surface area contributed by atoms with E-state index in [1.165, 1.54) is 5.46 Å². The van der Waals surface area contributed by atoms with Crippen LogP contribution in [0.1, 0.15) is 6.85 Å². The van der Waals surface area contributed by atoms with Gasteiger partial charge in [0.2, 0.25) is 0 Å². The molecule has 3 heterocycles. The van der Waals surface area contributed by atoms with Gasteiger partial charge in [-0.05, 0) is 0 Å². The number of fused-ring (bicyclic) bond motifs is 8. The zero-order valence-corrected chi connectivity index (χ0v) is 36.1. The van der Waals surface area contributed by atoms with Crippen molar-refractivity contribution in [3.05, 3.63) is 230 Å². The number of hydrogen-bond acceptors (Lipinski definition) is 2. The summed E-state index contributed by atoms with van der Waals surface area (Å²) in [6.45, 7) is -0.215. The van der Waals surface area contributed by atoms with Gasteiger partial charge in [-0.2, -0.15) is 0 Å². The molecule has 1 aromatic heterocycles. The molecule has 11 aromatic rings.